The van der Waals surface area contributed by atoms with Crippen LogP contribution in [0, 0.1) is 6.92 Å². The van der Waals surface area contributed by atoms with Crippen LogP contribution in [0.4, 0.5) is 5.13 Å². The average molecular weight is 397 g/mol. The molecular weight excluding hydrogens is 383 g/mol. The number of nitrogens with one attached hydrogen (secondary N) is 1. The van der Waals surface area contributed by atoms with Gasteiger partial charge in [-0.3, -0.25) is 4.79 Å². The third-order valence-corrected chi connectivity index (χ3v) is 6.05. The number of anilines is 1. The van der Waals surface area contributed by atoms with Gasteiger partial charge in [-0.25, -0.2) is 4.98 Å². The van der Waals surface area contributed by atoms with E-state index in [1.165, 1.54) is 11.3 Å². The van der Waals surface area contributed by atoms with Gasteiger partial charge in [0.15, 0.2) is 5.13 Å². The molecule has 0 spiro atoms. The van der Waals surface area contributed by atoms with E-state index in [2.05, 4.69) is 10.3 Å². The molecule has 3 aromatic rings. The molecule has 24 heavy (non-hydrogen) atoms. The molecule has 3 rings (SSSR count). The van der Waals surface area contributed by atoms with E-state index in [0.29, 0.717) is 27.4 Å². The van der Waals surface area contributed by atoms with E-state index in [0.717, 1.165) is 20.7 Å². The van der Waals surface area contributed by atoms with E-state index in [9.17, 15) is 4.79 Å². The van der Waals surface area contributed by atoms with Gasteiger partial charge in [0.1, 0.15) is 0 Å². The van der Waals surface area contributed by atoms with Crippen molar-refractivity contribution >= 4 is 67.6 Å². The minimum absolute atomic E-state index is 0.0516. The van der Waals surface area contributed by atoms with Crippen molar-refractivity contribution in [1.29, 1.82) is 0 Å². The summed E-state index contributed by atoms with van der Waals surface area (Å²) in [5.41, 5.74) is 1.89. The second kappa shape index (κ2) is 7.74. The summed E-state index contributed by atoms with van der Waals surface area (Å²) in [5, 5.41) is 4.81. The molecular formula is C17H14Cl2N2OS2. The number of hydrogen-bond donors (Lipinski definition) is 1. The molecule has 0 unspecified atom stereocenters. The maximum absolute atomic E-state index is 12.1. The average Bonchev–Trinajstić information content (AvgIpc) is 2.98. The lowest BCUT2D eigenvalue weighted by Crippen LogP contribution is -2.11. The van der Waals surface area contributed by atoms with Gasteiger partial charge in [-0.05, 0) is 42.8 Å². The summed E-state index contributed by atoms with van der Waals surface area (Å²) in [6.07, 6.45) is 0.413. The van der Waals surface area contributed by atoms with Crippen LogP contribution in [0.15, 0.2) is 41.3 Å². The highest BCUT2D eigenvalue weighted by Gasteiger charge is 2.11. The summed E-state index contributed by atoms with van der Waals surface area (Å²) < 4.78 is 0.905. The monoisotopic (exact) mass is 396 g/mol. The Bertz CT molecular complexity index is 839. The van der Waals surface area contributed by atoms with Crippen LogP contribution < -0.4 is 5.32 Å². The number of carbonyl (C=O) groups excluding carboxylic acids is 1. The third-order valence-electron chi connectivity index (χ3n) is 3.36. The lowest BCUT2D eigenvalue weighted by atomic mass is 10.2. The first kappa shape index (κ1) is 17.5. The van der Waals surface area contributed by atoms with E-state index in [1.54, 1.807) is 11.8 Å². The van der Waals surface area contributed by atoms with Gasteiger partial charge in [-0.1, -0.05) is 40.6 Å². The number of aromatic nitrogens is 1. The van der Waals surface area contributed by atoms with Crippen molar-refractivity contribution < 1.29 is 4.79 Å². The Morgan fingerprint density at radius 1 is 1.21 bits per heavy atom. The molecule has 0 saturated heterocycles. The van der Waals surface area contributed by atoms with E-state index in [1.807, 2.05) is 43.3 Å². The number of halogens is 2. The molecule has 1 amide bonds. The molecule has 1 aromatic heterocycles. The number of hydrogen-bond acceptors (Lipinski definition) is 4. The molecule has 0 aliphatic carbocycles. The van der Waals surface area contributed by atoms with E-state index >= 15 is 0 Å². The van der Waals surface area contributed by atoms with E-state index < -0.39 is 0 Å². The number of thiazole rings is 1. The summed E-state index contributed by atoms with van der Waals surface area (Å²) >= 11 is 15.1. The number of carbonyl (C=O) groups is 1. The number of nitrogens with zero attached hydrogens (tertiary/aromatic N) is 1. The highest BCUT2D eigenvalue weighted by molar-refractivity contribution is 7.99. The number of amides is 1. The van der Waals surface area contributed by atoms with Crippen LogP contribution in [0.1, 0.15) is 12.0 Å². The first-order valence-corrected chi connectivity index (χ1v) is 9.82. The zero-order chi connectivity index (χ0) is 17.1. The lowest BCUT2D eigenvalue weighted by Gasteiger charge is -2.02. The summed E-state index contributed by atoms with van der Waals surface area (Å²) in [4.78, 5) is 17.7. The second-order valence-corrected chi connectivity index (χ2v) is 8.17. The Morgan fingerprint density at radius 3 is 2.67 bits per heavy atom. The predicted octanol–water partition coefficient (Wildman–Crippen LogP) is 6.03. The fraction of sp³-hybridized carbons (Fsp3) is 0.176. The lowest BCUT2D eigenvalue weighted by molar-refractivity contribution is -0.115. The smallest absolute Gasteiger partial charge is 0.226 e. The van der Waals surface area contributed by atoms with Gasteiger partial charge in [0.2, 0.25) is 5.91 Å². The van der Waals surface area contributed by atoms with Crippen LogP contribution >= 0.6 is 46.3 Å². The maximum Gasteiger partial charge on any atom is 0.226 e. The molecule has 0 radical (unpaired) electrons. The van der Waals surface area contributed by atoms with Crippen molar-refractivity contribution in [3.63, 3.8) is 0 Å². The minimum Gasteiger partial charge on any atom is -0.302 e. The Balaban J connectivity index is 1.58. The van der Waals surface area contributed by atoms with Gasteiger partial charge in [0, 0.05) is 22.1 Å². The number of fused-ring (bicyclic) bond motifs is 1. The molecule has 0 aliphatic rings. The van der Waals surface area contributed by atoms with Crippen LogP contribution in [0.3, 0.4) is 0 Å². The Hall–Kier alpha value is -1.27. The van der Waals surface area contributed by atoms with Crippen molar-refractivity contribution in [3.8, 4) is 0 Å². The van der Waals surface area contributed by atoms with Crippen LogP contribution in [-0.2, 0) is 4.79 Å². The molecule has 0 atom stereocenters. The fourth-order valence-corrected chi connectivity index (χ4v) is 4.34. The van der Waals surface area contributed by atoms with Gasteiger partial charge >= 0.3 is 0 Å². The Labute approximate surface area is 158 Å². The zero-order valence-electron chi connectivity index (χ0n) is 12.8. The summed E-state index contributed by atoms with van der Waals surface area (Å²) in [5.74, 6) is 0.641. The summed E-state index contributed by atoms with van der Waals surface area (Å²) in [6, 6.07) is 11.4. The van der Waals surface area contributed by atoms with Crippen molar-refractivity contribution in [2.75, 3.05) is 11.1 Å². The first-order chi connectivity index (χ1) is 11.5. The molecule has 7 heteroatoms. The Morgan fingerprint density at radius 2 is 1.96 bits per heavy atom. The largest absolute Gasteiger partial charge is 0.302 e. The number of benzene rings is 2. The minimum atomic E-state index is -0.0516. The van der Waals surface area contributed by atoms with Crippen LogP contribution in [0.2, 0.25) is 10.0 Å². The van der Waals surface area contributed by atoms with Gasteiger partial charge in [0.25, 0.3) is 0 Å². The topological polar surface area (TPSA) is 42.0 Å². The highest BCUT2D eigenvalue weighted by atomic mass is 35.5. The van der Waals surface area contributed by atoms with E-state index in [4.69, 9.17) is 23.2 Å². The molecule has 3 nitrogen and oxygen atoms in total. The summed E-state index contributed by atoms with van der Waals surface area (Å²) in [7, 11) is 0. The molecule has 1 N–H and O–H groups in total. The van der Waals surface area contributed by atoms with Crippen molar-refractivity contribution in [2.24, 2.45) is 0 Å². The van der Waals surface area contributed by atoms with Crippen molar-refractivity contribution in [2.45, 2.75) is 18.2 Å². The predicted molar refractivity (Wildman–Crippen MR) is 105 cm³/mol. The second-order valence-electron chi connectivity index (χ2n) is 5.16. The normalized spacial score (nSPS) is 11.0. The molecule has 0 bridgehead atoms. The van der Waals surface area contributed by atoms with Gasteiger partial charge < -0.3 is 5.32 Å². The van der Waals surface area contributed by atoms with Gasteiger partial charge in [-0.2, -0.15) is 0 Å². The maximum atomic E-state index is 12.1. The third kappa shape index (κ3) is 4.22. The van der Waals surface area contributed by atoms with E-state index in [-0.39, 0.29) is 5.91 Å². The number of thioether (sulfide) groups is 1. The van der Waals surface area contributed by atoms with Gasteiger partial charge in [-0.15, -0.1) is 11.8 Å². The number of rotatable bonds is 5. The summed E-state index contributed by atoms with van der Waals surface area (Å²) in [6.45, 7) is 1.98. The molecule has 2 aromatic carbocycles. The quantitative estimate of drug-likeness (QED) is 0.535. The Kier molecular flexibility index (Phi) is 5.66. The first-order valence-electron chi connectivity index (χ1n) is 7.27. The molecule has 124 valence electrons. The molecule has 0 saturated carbocycles. The van der Waals surface area contributed by atoms with Crippen molar-refractivity contribution in [1.82, 2.24) is 4.98 Å². The van der Waals surface area contributed by atoms with Crippen LogP contribution in [0.5, 0.6) is 0 Å². The van der Waals surface area contributed by atoms with Crippen LogP contribution in [0.25, 0.3) is 10.2 Å². The standard InChI is InChI=1S/C17H14Cl2N2OS2/c1-10-2-7-13(19)16-15(10)21-17(24-16)20-14(22)8-9-23-12-5-3-11(18)4-6-12/h2-7H,8-9H2,1H3,(H,20,21,22). The highest BCUT2D eigenvalue weighted by Crippen LogP contribution is 2.33. The van der Waals surface area contributed by atoms with Gasteiger partial charge in [0.05, 0.1) is 15.2 Å². The molecule has 0 aliphatic heterocycles. The van der Waals surface area contributed by atoms with Crippen LogP contribution in [-0.4, -0.2) is 16.6 Å². The fourth-order valence-electron chi connectivity index (χ4n) is 2.13. The van der Waals surface area contributed by atoms with Crippen molar-refractivity contribution in [3.05, 3.63) is 52.0 Å². The zero-order valence-corrected chi connectivity index (χ0v) is 16.0. The number of aryl methyl sites for hydroxylation is 1. The molecule has 0 fully saturated rings. The SMILES string of the molecule is Cc1ccc(Cl)c2sc(NC(=O)CCSc3ccc(Cl)cc3)nc12. The molecule has 1 heterocycles.